The van der Waals surface area contributed by atoms with Crippen LogP contribution in [0.1, 0.15) is 11.5 Å². The highest BCUT2D eigenvalue weighted by atomic mass is 32.1. The number of anilines is 1. The van der Waals surface area contributed by atoms with E-state index in [9.17, 15) is 14.9 Å². The standard InChI is InChI=1S/C15H11N3O4S/c1-9-2-4-11(22-9)5-7-14(19)17-15-16-12-6-3-10(18(20)21)8-13(12)23-15/h2-8H,1H3,(H,16,17,19)/b7-5+. The third kappa shape index (κ3) is 3.43. The predicted molar refractivity (Wildman–Crippen MR) is 87.4 cm³/mol. The normalized spacial score (nSPS) is 11.2. The lowest BCUT2D eigenvalue weighted by Gasteiger charge is -1.94. The van der Waals surface area contributed by atoms with Crippen LogP contribution < -0.4 is 5.32 Å². The fraction of sp³-hybridized carbons (Fsp3) is 0.0667. The Hall–Kier alpha value is -3.00. The van der Waals surface area contributed by atoms with Crippen LogP contribution in [0.2, 0.25) is 0 Å². The third-order valence-electron chi connectivity index (χ3n) is 2.97. The number of furan rings is 1. The van der Waals surface area contributed by atoms with Crippen LogP contribution >= 0.6 is 11.3 Å². The highest BCUT2D eigenvalue weighted by molar-refractivity contribution is 7.22. The first-order chi connectivity index (χ1) is 11.0. The molecule has 2 heterocycles. The van der Waals surface area contributed by atoms with Crippen LogP contribution in [-0.4, -0.2) is 15.8 Å². The van der Waals surface area contributed by atoms with Crippen LogP contribution in [-0.2, 0) is 4.79 Å². The van der Waals surface area contributed by atoms with Crippen LogP contribution in [0.4, 0.5) is 10.8 Å². The topological polar surface area (TPSA) is 98.3 Å². The van der Waals surface area contributed by atoms with Gasteiger partial charge in [-0.05, 0) is 31.2 Å². The van der Waals surface area contributed by atoms with Gasteiger partial charge in [-0.3, -0.25) is 20.2 Å². The van der Waals surface area contributed by atoms with Gasteiger partial charge in [-0.15, -0.1) is 0 Å². The number of hydrogen-bond acceptors (Lipinski definition) is 6. The van der Waals surface area contributed by atoms with Crippen molar-refractivity contribution in [2.45, 2.75) is 6.92 Å². The van der Waals surface area contributed by atoms with Crippen molar-refractivity contribution in [2.24, 2.45) is 0 Å². The zero-order valence-corrected chi connectivity index (χ0v) is 12.8. The van der Waals surface area contributed by atoms with Gasteiger partial charge in [0.05, 0.1) is 15.1 Å². The van der Waals surface area contributed by atoms with Crippen LogP contribution in [0.3, 0.4) is 0 Å². The Morgan fingerprint density at radius 1 is 1.39 bits per heavy atom. The second-order valence-corrected chi connectivity index (χ2v) is 5.73. The number of aromatic nitrogens is 1. The van der Waals surface area contributed by atoms with Gasteiger partial charge in [0.2, 0.25) is 5.91 Å². The van der Waals surface area contributed by atoms with Crippen molar-refractivity contribution in [1.29, 1.82) is 0 Å². The summed E-state index contributed by atoms with van der Waals surface area (Å²) in [6.45, 7) is 1.82. The van der Waals surface area contributed by atoms with E-state index in [4.69, 9.17) is 4.42 Å². The molecule has 7 nitrogen and oxygen atoms in total. The largest absolute Gasteiger partial charge is 0.462 e. The number of aryl methyl sites for hydroxylation is 1. The summed E-state index contributed by atoms with van der Waals surface area (Å²) in [4.78, 5) is 26.4. The fourth-order valence-corrected chi connectivity index (χ4v) is 2.83. The van der Waals surface area contributed by atoms with Crippen LogP contribution in [0, 0.1) is 17.0 Å². The number of nitrogens with zero attached hydrogens (tertiary/aromatic N) is 2. The number of fused-ring (bicyclic) bond motifs is 1. The van der Waals surface area contributed by atoms with Gasteiger partial charge in [0.15, 0.2) is 5.13 Å². The number of benzene rings is 1. The van der Waals surface area contributed by atoms with Gasteiger partial charge < -0.3 is 4.42 Å². The molecule has 8 heteroatoms. The lowest BCUT2D eigenvalue weighted by molar-refractivity contribution is -0.384. The summed E-state index contributed by atoms with van der Waals surface area (Å²) >= 11 is 1.18. The summed E-state index contributed by atoms with van der Waals surface area (Å²) in [5.41, 5.74) is 0.591. The minimum absolute atomic E-state index is 0.00730. The van der Waals surface area contributed by atoms with Crippen molar-refractivity contribution in [1.82, 2.24) is 4.98 Å². The Morgan fingerprint density at radius 2 is 2.22 bits per heavy atom. The zero-order chi connectivity index (χ0) is 16.4. The molecule has 0 fully saturated rings. The van der Waals surface area contributed by atoms with Crippen molar-refractivity contribution in [2.75, 3.05) is 5.32 Å². The number of non-ortho nitro benzene ring substituents is 1. The zero-order valence-electron chi connectivity index (χ0n) is 12.0. The van der Waals surface area contributed by atoms with E-state index in [1.807, 2.05) is 6.92 Å². The Bertz CT molecular complexity index is 926. The number of amides is 1. The molecule has 0 bridgehead atoms. The van der Waals surface area contributed by atoms with Crippen molar-refractivity contribution in [3.05, 3.63) is 58.0 Å². The number of thiazole rings is 1. The molecule has 1 aromatic carbocycles. The number of hydrogen-bond donors (Lipinski definition) is 1. The lowest BCUT2D eigenvalue weighted by atomic mass is 10.3. The van der Waals surface area contributed by atoms with E-state index in [-0.39, 0.29) is 11.6 Å². The maximum atomic E-state index is 11.9. The molecular formula is C15H11N3O4S. The molecule has 1 N–H and O–H groups in total. The molecule has 116 valence electrons. The Morgan fingerprint density at radius 3 is 2.91 bits per heavy atom. The van der Waals surface area contributed by atoms with Crippen LogP contribution in [0.5, 0.6) is 0 Å². The molecule has 2 aromatic heterocycles. The number of rotatable bonds is 4. The van der Waals surface area contributed by atoms with Crippen molar-refractivity contribution >= 4 is 44.4 Å². The highest BCUT2D eigenvalue weighted by Crippen LogP contribution is 2.29. The SMILES string of the molecule is Cc1ccc(/C=C/C(=O)Nc2nc3ccc([N+](=O)[O-])cc3s2)o1. The van der Waals surface area contributed by atoms with E-state index in [1.54, 1.807) is 24.3 Å². The fourth-order valence-electron chi connectivity index (χ4n) is 1.93. The molecule has 0 aliphatic carbocycles. The summed E-state index contributed by atoms with van der Waals surface area (Å²) in [7, 11) is 0. The van der Waals surface area contributed by atoms with Gasteiger partial charge >= 0.3 is 0 Å². The summed E-state index contributed by atoms with van der Waals surface area (Å²) in [5.74, 6) is 0.989. The second kappa shape index (κ2) is 6.01. The van der Waals surface area contributed by atoms with Gasteiger partial charge in [0.25, 0.3) is 5.69 Å². The molecule has 3 aromatic rings. The summed E-state index contributed by atoms with van der Waals surface area (Å²) in [5, 5.41) is 13.8. The maximum absolute atomic E-state index is 11.9. The lowest BCUT2D eigenvalue weighted by Crippen LogP contribution is -2.07. The molecule has 0 atom stereocenters. The van der Waals surface area contributed by atoms with E-state index in [0.29, 0.717) is 21.1 Å². The van der Waals surface area contributed by atoms with E-state index in [1.165, 1.54) is 29.5 Å². The van der Waals surface area contributed by atoms with Gasteiger partial charge in [0, 0.05) is 18.2 Å². The number of carbonyl (C=O) groups excluding carboxylic acids is 1. The van der Waals surface area contributed by atoms with E-state index in [0.717, 1.165) is 5.76 Å². The Kier molecular flexibility index (Phi) is 3.90. The molecule has 0 radical (unpaired) electrons. The third-order valence-corrected chi connectivity index (χ3v) is 3.91. The molecule has 23 heavy (non-hydrogen) atoms. The smallest absolute Gasteiger partial charge is 0.270 e. The summed E-state index contributed by atoms with van der Waals surface area (Å²) in [6.07, 6.45) is 2.90. The average Bonchev–Trinajstić information content (AvgIpc) is 3.09. The van der Waals surface area contributed by atoms with E-state index in [2.05, 4.69) is 10.3 Å². The van der Waals surface area contributed by atoms with Crippen LogP contribution in [0.15, 0.2) is 40.8 Å². The Labute approximate surface area is 134 Å². The first-order valence-corrected chi connectivity index (χ1v) is 7.43. The molecule has 0 aliphatic rings. The molecule has 0 unspecified atom stereocenters. The molecule has 0 saturated carbocycles. The maximum Gasteiger partial charge on any atom is 0.270 e. The monoisotopic (exact) mass is 329 g/mol. The van der Waals surface area contributed by atoms with E-state index < -0.39 is 4.92 Å². The first-order valence-electron chi connectivity index (χ1n) is 6.62. The highest BCUT2D eigenvalue weighted by Gasteiger charge is 2.11. The predicted octanol–water partition coefficient (Wildman–Crippen LogP) is 3.76. The van der Waals surface area contributed by atoms with Gasteiger partial charge in [-0.1, -0.05) is 11.3 Å². The molecule has 0 aliphatic heterocycles. The van der Waals surface area contributed by atoms with Crippen LogP contribution in [0.25, 0.3) is 16.3 Å². The van der Waals surface area contributed by atoms with E-state index >= 15 is 0 Å². The number of nitro groups is 1. The molecule has 0 spiro atoms. The molecule has 1 amide bonds. The average molecular weight is 329 g/mol. The van der Waals surface area contributed by atoms with Crippen molar-refractivity contribution in [3.8, 4) is 0 Å². The number of nitro benzene ring substituents is 1. The molecule has 0 saturated heterocycles. The Balaban J connectivity index is 1.74. The van der Waals surface area contributed by atoms with Gasteiger partial charge in [0.1, 0.15) is 11.5 Å². The van der Waals surface area contributed by atoms with Gasteiger partial charge in [-0.25, -0.2) is 4.98 Å². The van der Waals surface area contributed by atoms with Gasteiger partial charge in [-0.2, -0.15) is 0 Å². The first kappa shape index (κ1) is 14.9. The second-order valence-electron chi connectivity index (χ2n) is 4.70. The minimum atomic E-state index is -0.467. The summed E-state index contributed by atoms with van der Waals surface area (Å²) < 4.78 is 5.96. The van der Waals surface area contributed by atoms with Crippen molar-refractivity contribution in [3.63, 3.8) is 0 Å². The summed E-state index contributed by atoms with van der Waals surface area (Å²) in [6, 6.07) is 7.94. The quantitative estimate of drug-likeness (QED) is 0.446. The number of nitrogens with one attached hydrogen (secondary N) is 1. The molecule has 3 rings (SSSR count). The number of carbonyl (C=O) groups is 1. The molecular weight excluding hydrogens is 318 g/mol. The van der Waals surface area contributed by atoms with Crippen molar-refractivity contribution < 1.29 is 14.1 Å². The minimum Gasteiger partial charge on any atom is -0.462 e.